The minimum absolute atomic E-state index is 0.00286. The lowest BCUT2D eigenvalue weighted by molar-refractivity contribution is -0.143. The van der Waals surface area contributed by atoms with E-state index >= 15 is 0 Å². The van der Waals surface area contributed by atoms with Crippen molar-refractivity contribution in [3.8, 4) is 0 Å². The Morgan fingerprint density at radius 3 is 2.33 bits per heavy atom. The van der Waals surface area contributed by atoms with Gasteiger partial charge in [-0.3, -0.25) is 24.1 Å². The summed E-state index contributed by atoms with van der Waals surface area (Å²) in [7, 11) is 0. The molecule has 7 nitrogen and oxygen atoms in total. The smallest absolute Gasteiger partial charge is 0.242 e. The molecule has 0 radical (unpaired) electrons. The second-order valence-electron chi connectivity index (χ2n) is 9.24. The van der Waals surface area contributed by atoms with Crippen LogP contribution < -0.4 is 5.32 Å². The van der Waals surface area contributed by atoms with Crippen LogP contribution in [0.15, 0.2) is 36.4 Å². The van der Waals surface area contributed by atoms with E-state index in [2.05, 4.69) is 5.32 Å². The van der Waals surface area contributed by atoms with Crippen molar-refractivity contribution in [1.29, 1.82) is 0 Å². The van der Waals surface area contributed by atoms with E-state index in [1.165, 1.54) is 4.90 Å². The summed E-state index contributed by atoms with van der Waals surface area (Å²) in [6, 6.07) is 7.15. The van der Waals surface area contributed by atoms with Crippen molar-refractivity contribution in [3.05, 3.63) is 47.5 Å². The number of rotatable bonds is 9. The summed E-state index contributed by atoms with van der Waals surface area (Å²) >= 11 is 0. The van der Waals surface area contributed by atoms with Crippen LogP contribution in [0.1, 0.15) is 57.6 Å². The number of amides is 4. The summed E-state index contributed by atoms with van der Waals surface area (Å²) in [5, 5.41) is 2.95. The average molecular weight is 454 g/mol. The first-order valence-corrected chi connectivity index (χ1v) is 11.9. The zero-order valence-corrected chi connectivity index (χ0v) is 20.0. The maximum absolute atomic E-state index is 13.3. The molecule has 7 heteroatoms. The maximum Gasteiger partial charge on any atom is 0.242 e. The van der Waals surface area contributed by atoms with E-state index in [0.717, 1.165) is 17.5 Å². The molecule has 0 spiro atoms. The number of imide groups is 1. The first-order chi connectivity index (χ1) is 15.7. The molecule has 2 aliphatic rings. The fourth-order valence-corrected chi connectivity index (χ4v) is 4.50. The first kappa shape index (κ1) is 24.7. The van der Waals surface area contributed by atoms with Gasteiger partial charge in [0.2, 0.25) is 23.6 Å². The van der Waals surface area contributed by atoms with Crippen molar-refractivity contribution in [3.63, 3.8) is 0 Å². The normalized spacial score (nSPS) is 21.5. The fourth-order valence-electron chi connectivity index (χ4n) is 4.50. The van der Waals surface area contributed by atoms with E-state index in [0.29, 0.717) is 12.8 Å². The third-order valence-corrected chi connectivity index (χ3v) is 6.75. The number of carbonyl (C=O) groups excluding carboxylic acids is 4. The molecule has 0 saturated carbocycles. The zero-order valence-electron chi connectivity index (χ0n) is 20.0. The van der Waals surface area contributed by atoms with Crippen molar-refractivity contribution in [1.82, 2.24) is 15.1 Å². The van der Waals surface area contributed by atoms with Gasteiger partial charge in [-0.05, 0) is 45.6 Å². The summed E-state index contributed by atoms with van der Waals surface area (Å²) in [6.45, 7) is 7.95. The summed E-state index contributed by atoms with van der Waals surface area (Å²) in [4.78, 5) is 54.4. The third kappa shape index (κ3) is 5.70. The highest BCUT2D eigenvalue weighted by Gasteiger charge is 2.47. The van der Waals surface area contributed by atoms with Crippen molar-refractivity contribution < 1.29 is 19.2 Å². The number of nitrogens with one attached hydrogen (secondary N) is 1. The molecule has 4 atom stereocenters. The molecule has 178 valence electrons. The highest BCUT2D eigenvalue weighted by atomic mass is 16.2. The van der Waals surface area contributed by atoms with Crippen LogP contribution in [0.2, 0.25) is 0 Å². The van der Waals surface area contributed by atoms with Gasteiger partial charge in [-0.2, -0.15) is 0 Å². The van der Waals surface area contributed by atoms with Crippen LogP contribution in [-0.4, -0.2) is 52.1 Å². The first-order valence-electron chi connectivity index (χ1n) is 11.9. The topological polar surface area (TPSA) is 86.8 Å². The van der Waals surface area contributed by atoms with Gasteiger partial charge in [-0.25, -0.2) is 0 Å². The number of fused-ring (bicyclic) bond motifs is 1. The average Bonchev–Trinajstić information content (AvgIpc) is 3.05. The molecule has 0 aromatic heterocycles. The number of nitrogens with zero attached hydrogens (tertiary/aromatic N) is 2. The molecule has 1 fully saturated rings. The lowest BCUT2D eigenvalue weighted by Crippen LogP contribution is -2.50. The monoisotopic (exact) mass is 453 g/mol. The Balaban J connectivity index is 1.72. The Kier molecular flexibility index (Phi) is 8.06. The standard InChI is InChI=1S/C26H35N3O4/c1-5-18(3)27-24(31)19(4)29(16-20-10-8-9-17(2)15-20)23(30)13-14-28-25(32)21-11-6-7-12-22(21)26(28)33/h6-10,15,18-19,21-22H,5,11-14,16H2,1-4H3,(H,27,31)/t18-,19+,21-,22+/m0/s1. The van der Waals surface area contributed by atoms with E-state index < -0.39 is 6.04 Å². The van der Waals surface area contributed by atoms with Crippen LogP contribution in [0.3, 0.4) is 0 Å². The molecule has 1 aliphatic carbocycles. The third-order valence-electron chi connectivity index (χ3n) is 6.75. The second kappa shape index (κ2) is 10.8. The number of likely N-dealkylation sites (tertiary alicyclic amines) is 1. The molecule has 1 saturated heterocycles. The van der Waals surface area contributed by atoms with Gasteiger partial charge in [0, 0.05) is 25.6 Å². The summed E-state index contributed by atoms with van der Waals surface area (Å²) in [5.41, 5.74) is 2.00. The Morgan fingerprint density at radius 2 is 1.76 bits per heavy atom. The van der Waals surface area contributed by atoms with Crippen LogP contribution in [0.25, 0.3) is 0 Å². The minimum Gasteiger partial charge on any atom is -0.352 e. The van der Waals surface area contributed by atoms with Crippen LogP contribution in [0, 0.1) is 18.8 Å². The molecule has 1 aliphatic heterocycles. The Morgan fingerprint density at radius 1 is 1.12 bits per heavy atom. The number of allylic oxidation sites excluding steroid dienone is 2. The number of hydrogen-bond acceptors (Lipinski definition) is 4. The van der Waals surface area contributed by atoms with Gasteiger partial charge in [-0.15, -0.1) is 0 Å². The SMILES string of the molecule is CC[C@H](C)NC(=O)[C@@H](C)N(Cc1cccc(C)c1)C(=O)CCN1C(=O)[C@H]2CC=CC[C@H]2C1=O. The van der Waals surface area contributed by atoms with Gasteiger partial charge < -0.3 is 10.2 Å². The quantitative estimate of drug-likeness (QED) is 0.460. The van der Waals surface area contributed by atoms with Gasteiger partial charge in [0.1, 0.15) is 6.04 Å². The van der Waals surface area contributed by atoms with Crippen molar-refractivity contribution in [2.45, 2.75) is 72.0 Å². The van der Waals surface area contributed by atoms with E-state index in [-0.39, 0.29) is 61.0 Å². The van der Waals surface area contributed by atoms with Crippen molar-refractivity contribution >= 4 is 23.6 Å². The van der Waals surface area contributed by atoms with Crippen LogP contribution in [0.5, 0.6) is 0 Å². The summed E-state index contributed by atoms with van der Waals surface area (Å²) < 4.78 is 0. The molecular formula is C26H35N3O4. The maximum atomic E-state index is 13.3. The fraction of sp³-hybridized carbons (Fsp3) is 0.538. The van der Waals surface area contributed by atoms with E-state index in [4.69, 9.17) is 0 Å². The largest absolute Gasteiger partial charge is 0.352 e. The molecule has 33 heavy (non-hydrogen) atoms. The zero-order chi connectivity index (χ0) is 24.1. The number of aryl methyl sites for hydroxylation is 1. The summed E-state index contributed by atoms with van der Waals surface area (Å²) in [5.74, 6) is -1.44. The molecule has 0 bridgehead atoms. The number of benzene rings is 1. The van der Waals surface area contributed by atoms with E-state index in [1.807, 2.05) is 57.2 Å². The Labute approximate surface area is 196 Å². The number of hydrogen-bond donors (Lipinski definition) is 1. The lowest BCUT2D eigenvalue weighted by atomic mass is 9.85. The Bertz CT molecular complexity index is 915. The molecule has 3 rings (SSSR count). The highest BCUT2D eigenvalue weighted by Crippen LogP contribution is 2.35. The predicted octanol–water partition coefficient (Wildman–Crippen LogP) is 2.97. The molecule has 1 N–H and O–H groups in total. The van der Waals surface area contributed by atoms with Crippen LogP contribution in [0.4, 0.5) is 0 Å². The minimum atomic E-state index is -0.677. The predicted molar refractivity (Wildman–Crippen MR) is 126 cm³/mol. The molecule has 4 amide bonds. The highest BCUT2D eigenvalue weighted by molar-refractivity contribution is 6.05. The molecule has 1 aromatic rings. The van der Waals surface area contributed by atoms with Crippen LogP contribution >= 0.6 is 0 Å². The molecule has 0 unspecified atom stereocenters. The van der Waals surface area contributed by atoms with Crippen molar-refractivity contribution in [2.75, 3.05) is 6.54 Å². The van der Waals surface area contributed by atoms with Gasteiger partial charge in [0.25, 0.3) is 0 Å². The van der Waals surface area contributed by atoms with Crippen molar-refractivity contribution in [2.24, 2.45) is 11.8 Å². The lowest BCUT2D eigenvalue weighted by Gasteiger charge is -2.30. The van der Waals surface area contributed by atoms with Gasteiger partial charge in [0.15, 0.2) is 0 Å². The molecule has 1 heterocycles. The molecule has 1 aromatic carbocycles. The van der Waals surface area contributed by atoms with Gasteiger partial charge >= 0.3 is 0 Å². The van der Waals surface area contributed by atoms with Gasteiger partial charge in [-0.1, -0.05) is 48.9 Å². The second-order valence-corrected chi connectivity index (χ2v) is 9.24. The molecular weight excluding hydrogens is 418 g/mol. The number of carbonyl (C=O) groups is 4. The summed E-state index contributed by atoms with van der Waals surface area (Å²) in [6.07, 6.45) is 5.83. The van der Waals surface area contributed by atoms with Gasteiger partial charge in [0.05, 0.1) is 11.8 Å². The van der Waals surface area contributed by atoms with Crippen LogP contribution in [-0.2, 0) is 25.7 Å². The van der Waals surface area contributed by atoms with E-state index in [9.17, 15) is 19.2 Å². The van der Waals surface area contributed by atoms with E-state index in [1.54, 1.807) is 11.8 Å². The Hall–Kier alpha value is -2.96.